The molecular weight excluding hydrogens is 330 g/mol. The lowest BCUT2D eigenvalue weighted by atomic mass is 10.2. The van der Waals surface area contributed by atoms with Crippen LogP contribution in [0.1, 0.15) is 11.1 Å². The number of anilines is 1. The van der Waals surface area contributed by atoms with Crippen molar-refractivity contribution in [1.29, 1.82) is 0 Å². The molecule has 0 aliphatic carbocycles. The van der Waals surface area contributed by atoms with Gasteiger partial charge in [-0.2, -0.15) is 0 Å². The summed E-state index contributed by atoms with van der Waals surface area (Å²) >= 11 is 3.46. The van der Waals surface area contributed by atoms with Crippen LogP contribution >= 0.6 is 15.9 Å². The standard InChI is InChI=1S/C16H18BrN3O/c1-12-3-4-15(14(17)11-12)19-16(21)20(2)10-7-13-5-8-18-9-6-13/h3-6,8-9,11H,7,10H2,1-2H3,(H,19,21). The number of nitrogens with zero attached hydrogens (tertiary/aromatic N) is 2. The van der Waals surface area contributed by atoms with Gasteiger partial charge in [-0.05, 0) is 64.7 Å². The molecule has 21 heavy (non-hydrogen) atoms. The summed E-state index contributed by atoms with van der Waals surface area (Å²) in [6.07, 6.45) is 4.33. The number of amides is 2. The Hall–Kier alpha value is -1.88. The molecule has 1 aromatic carbocycles. The van der Waals surface area contributed by atoms with Crippen LogP contribution in [0.15, 0.2) is 47.2 Å². The summed E-state index contributed by atoms with van der Waals surface area (Å²) in [5.41, 5.74) is 3.09. The molecule has 1 heterocycles. The van der Waals surface area contributed by atoms with Crippen LogP contribution in [0.3, 0.4) is 0 Å². The smallest absolute Gasteiger partial charge is 0.321 e. The summed E-state index contributed by atoms with van der Waals surface area (Å²) in [5.74, 6) is 0. The van der Waals surface area contributed by atoms with E-state index < -0.39 is 0 Å². The predicted octanol–water partition coefficient (Wildman–Crippen LogP) is 3.86. The van der Waals surface area contributed by atoms with Crippen molar-refractivity contribution >= 4 is 27.6 Å². The lowest BCUT2D eigenvalue weighted by Gasteiger charge is -2.18. The molecule has 2 aromatic rings. The molecule has 1 N–H and O–H groups in total. The number of carbonyl (C=O) groups excluding carboxylic acids is 1. The lowest BCUT2D eigenvalue weighted by molar-refractivity contribution is 0.223. The highest BCUT2D eigenvalue weighted by molar-refractivity contribution is 9.10. The first-order valence-corrected chi connectivity index (χ1v) is 7.53. The van der Waals surface area contributed by atoms with Gasteiger partial charge in [0.25, 0.3) is 0 Å². The lowest BCUT2D eigenvalue weighted by Crippen LogP contribution is -2.33. The molecule has 4 nitrogen and oxygen atoms in total. The van der Waals surface area contributed by atoms with E-state index in [0.29, 0.717) is 6.54 Å². The molecule has 0 radical (unpaired) electrons. The second kappa shape index (κ2) is 7.22. The molecule has 0 aliphatic rings. The first kappa shape index (κ1) is 15.5. The summed E-state index contributed by atoms with van der Waals surface area (Å²) in [6.45, 7) is 2.66. The number of nitrogens with one attached hydrogen (secondary N) is 1. The van der Waals surface area contributed by atoms with Crippen molar-refractivity contribution in [3.05, 3.63) is 58.3 Å². The van der Waals surface area contributed by atoms with Gasteiger partial charge in [0.05, 0.1) is 5.69 Å². The molecule has 5 heteroatoms. The molecule has 0 bridgehead atoms. The highest BCUT2D eigenvalue weighted by atomic mass is 79.9. The number of urea groups is 1. The molecule has 1 aromatic heterocycles. The number of rotatable bonds is 4. The molecule has 0 fully saturated rings. The van der Waals surface area contributed by atoms with E-state index >= 15 is 0 Å². The van der Waals surface area contributed by atoms with Crippen LogP contribution in [0, 0.1) is 6.92 Å². The zero-order valence-corrected chi connectivity index (χ0v) is 13.7. The number of benzene rings is 1. The maximum Gasteiger partial charge on any atom is 0.321 e. The first-order valence-electron chi connectivity index (χ1n) is 6.73. The molecule has 0 saturated carbocycles. The van der Waals surface area contributed by atoms with Gasteiger partial charge < -0.3 is 10.2 Å². The minimum absolute atomic E-state index is 0.117. The first-order chi connectivity index (χ1) is 10.1. The highest BCUT2D eigenvalue weighted by Crippen LogP contribution is 2.23. The van der Waals surface area contributed by atoms with Gasteiger partial charge in [-0.3, -0.25) is 4.98 Å². The minimum Gasteiger partial charge on any atom is -0.327 e. The van der Waals surface area contributed by atoms with E-state index in [1.54, 1.807) is 24.3 Å². The normalized spacial score (nSPS) is 10.2. The topological polar surface area (TPSA) is 45.2 Å². The third kappa shape index (κ3) is 4.56. The Morgan fingerprint density at radius 1 is 1.29 bits per heavy atom. The zero-order valence-electron chi connectivity index (χ0n) is 12.1. The summed E-state index contributed by atoms with van der Waals surface area (Å²) in [5, 5.41) is 2.90. The molecule has 2 amide bonds. The number of likely N-dealkylation sites (N-methyl/N-ethyl adjacent to an activating group) is 1. The number of aromatic nitrogens is 1. The summed E-state index contributed by atoms with van der Waals surface area (Å²) in [7, 11) is 1.79. The van der Waals surface area contributed by atoms with Crippen molar-refractivity contribution in [2.24, 2.45) is 0 Å². The Bertz CT molecular complexity index is 616. The Balaban J connectivity index is 1.90. The summed E-state index contributed by atoms with van der Waals surface area (Å²) in [6, 6.07) is 9.65. The van der Waals surface area contributed by atoms with Gasteiger partial charge >= 0.3 is 6.03 Å². The van der Waals surface area contributed by atoms with Crippen LogP contribution in [0.25, 0.3) is 0 Å². The predicted molar refractivity (Wildman–Crippen MR) is 88.5 cm³/mol. The van der Waals surface area contributed by atoms with E-state index in [0.717, 1.165) is 22.1 Å². The van der Waals surface area contributed by atoms with Crippen molar-refractivity contribution < 1.29 is 4.79 Å². The van der Waals surface area contributed by atoms with E-state index in [1.807, 2.05) is 37.3 Å². The number of hydrogen-bond acceptors (Lipinski definition) is 2. The SMILES string of the molecule is Cc1ccc(NC(=O)N(C)CCc2ccncc2)c(Br)c1. The molecule has 0 atom stereocenters. The number of carbonyl (C=O) groups is 1. The third-order valence-electron chi connectivity index (χ3n) is 3.20. The maximum absolute atomic E-state index is 12.2. The van der Waals surface area contributed by atoms with E-state index in [2.05, 4.69) is 26.2 Å². The minimum atomic E-state index is -0.117. The van der Waals surface area contributed by atoms with Gasteiger partial charge in [0.1, 0.15) is 0 Å². The molecule has 110 valence electrons. The van der Waals surface area contributed by atoms with Crippen LogP contribution in [-0.2, 0) is 6.42 Å². The summed E-state index contributed by atoms with van der Waals surface area (Å²) in [4.78, 5) is 17.8. The summed E-state index contributed by atoms with van der Waals surface area (Å²) < 4.78 is 0.887. The van der Waals surface area contributed by atoms with Gasteiger partial charge in [0, 0.05) is 30.5 Å². The molecule has 0 spiro atoms. The molecule has 0 unspecified atom stereocenters. The van der Waals surface area contributed by atoms with Crippen LogP contribution in [0.5, 0.6) is 0 Å². The molecule has 2 rings (SSSR count). The van der Waals surface area contributed by atoms with Crippen molar-refractivity contribution in [2.75, 3.05) is 18.9 Å². The van der Waals surface area contributed by atoms with Crippen LogP contribution in [0.2, 0.25) is 0 Å². The second-order valence-electron chi connectivity index (χ2n) is 4.94. The van der Waals surface area contributed by atoms with Crippen LogP contribution in [-0.4, -0.2) is 29.5 Å². The van der Waals surface area contributed by atoms with E-state index in [-0.39, 0.29) is 6.03 Å². The van der Waals surface area contributed by atoms with Crippen molar-refractivity contribution in [1.82, 2.24) is 9.88 Å². The maximum atomic E-state index is 12.2. The Kier molecular flexibility index (Phi) is 5.33. The average Bonchev–Trinajstić information content (AvgIpc) is 2.48. The van der Waals surface area contributed by atoms with Gasteiger partial charge in [0.2, 0.25) is 0 Å². The van der Waals surface area contributed by atoms with E-state index in [1.165, 1.54) is 5.56 Å². The van der Waals surface area contributed by atoms with Crippen molar-refractivity contribution in [2.45, 2.75) is 13.3 Å². The largest absolute Gasteiger partial charge is 0.327 e. The van der Waals surface area contributed by atoms with Crippen LogP contribution < -0.4 is 5.32 Å². The second-order valence-corrected chi connectivity index (χ2v) is 5.79. The molecule has 0 aliphatic heterocycles. The van der Waals surface area contributed by atoms with E-state index in [4.69, 9.17) is 0 Å². The van der Waals surface area contributed by atoms with Crippen molar-refractivity contribution in [3.8, 4) is 0 Å². The number of pyridine rings is 1. The Morgan fingerprint density at radius 2 is 2.00 bits per heavy atom. The van der Waals surface area contributed by atoms with Gasteiger partial charge in [-0.1, -0.05) is 6.07 Å². The molecule has 0 saturated heterocycles. The van der Waals surface area contributed by atoms with E-state index in [9.17, 15) is 4.79 Å². The quantitative estimate of drug-likeness (QED) is 0.912. The fourth-order valence-corrected chi connectivity index (χ4v) is 2.47. The monoisotopic (exact) mass is 347 g/mol. The van der Waals surface area contributed by atoms with Crippen LogP contribution in [0.4, 0.5) is 10.5 Å². The average molecular weight is 348 g/mol. The van der Waals surface area contributed by atoms with Gasteiger partial charge in [-0.15, -0.1) is 0 Å². The van der Waals surface area contributed by atoms with Crippen molar-refractivity contribution in [3.63, 3.8) is 0 Å². The third-order valence-corrected chi connectivity index (χ3v) is 3.85. The zero-order chi connectivity index (χ0) is 15.2. The van der Waals surface area contributed by atoms with Gasteiger partial charge in [0.15, 0.2) is 0 Å². The Morgan fingerprint density at radius 3 is 2.67 bits per heavy atom. The fraction of sp³-hybridized carbons (Fsp3) is 0.250. The number of aryl methyl sites for hydroxylation is 1. The van der Waals surface area contributed by atoms with Gasteiger partial charge in [-0.25, -0.2) is 4.79 Å². The highest BCUT2D eigenvalue weighted by Gasteiger charge is 2.10. The molecular formula is C16H18BrN3O. The Labute approximate surface area is 133 Å². The fourth-order valence-electron chi connectivity index (χ4n) is 1.88. The number of halogens is 1. The number of hydrogen-bond donors (Lipinski definition) is 1.